The van der Waals surface area contributed by atoms with Crippen molar-refractivity contribution in [3.8, 4) is 0 Å². The Morgan fingerprint density at radius 1 is 1.26 bits per heavy atom. The third-order valence-electron chi connectivity index (χ3n) is 4.22. The molecular formula is C16H18ClN5S. The van der Waals surface area contributed by atoms with E-state index in [2.05, 4.69) is 20.2 Å². The normalized spacial score (nSPS) is 16.3. The number of halogens is 1. The van der Waals surface area contributed by atoms with Crippen LogP contribution in [-0.2, 0) is 6.54 Å². The lowest BCUT2D eigenvalue weighted by atomic mass is 10.1. The number of hydrogen-bond acceptors (Lipinski definition) is 5. The summed E-state index contributed by atoms with van der Waals surface area (Å²) in [6.45, 7) is 2.92. The molecule has 0 spiro atoms. The average molecular weight is 348 g/mol. The van der Waals surface area contributed by atoms with Crippen molar-refractivity contribution in [2.45, 2.75) is 25.4 Å². The van der Waals surface area contributed by atoms with Crippen LogP contribution in [-0.4, -0.2) is 33.5 Å². The van der Waals surface area contributed by atoms with E-state index in [1.54, 1.807) is 11.3 Å². The second-order valence-corrected chi connectivity index (χ2v) is 7.11. The van der Waals surface area contributed by atoms with E-state index in [-0.39, 0.29) is 0 Å². The summed E-state index contributed by atoms with van der Waals surface area (Å²) in [5.41, 5.74) is 1.99. The summed E-state index contributed by atoms with van der Waals surface area (Å²) < 4.78 is 1.98. The van der Waals surface area contributed by atoms with E-state index in [0.29, 0.717) is 6.04 Å². The third-order valence-corrected chi connectivity index (χ3v) is 5.28. The summed E-state index contributed by atoms with van der Waals surface area (Å²) in [4.78, 5) is 11.4. The van der Waals surface area contributed by atoms with Gasteiger partial charge in [-0.05, 0) is 25.0 Å². The first-order valence-electron chi connectivity index (χ1n) is 7.79. The van der Waals surface area contributed by atoms with Gasteiger partial charge < -0.3 is 14.6 Å². The van der Waals surface area contributed by atoms with Crippen molar-refractivity contribution in [1.29, 1.82) is 0 Å². The van der Waals surface area contributed by atoms with E-state index in [1.165, 1.54) is 0 Å². The molecule has 5 nitrogen and oxygen atoms in total. The largest absolute Gasteiger partial charge is 0.348 e. The maximum atomic E-state index is 6.01. The Balaban J connectivity index is 1.32. The summed E-state index contributed by atoms with van der Waals surface area (Å²) in [5, 5.41) is 7.53. The second-order valence-electron chi connectivity index (χ2n) is 5.80. The molecule has 0 atom stereocenters. The van der Waals surface area contributed by atoms with Crippen LogP contribution in [0.3, 0.4) is 0 Å². The van der Waals surface area contributed by atoms with Gasteiger partial charge in [-0.1, -0.05) is 11.6 Å². The molecule has 1 aliphatic rings. The number of pyridine rings is 1. The summed E-state index contributed by atoms with van der Waals surface area (Å²) >= 11 is 7.72. The van der Waals surface area contributed by atoms with Gasteiger partial charge in [0, 0.05) is 49.6 Å². The first-order valence-corrected chi connectivity index (χ1v) is 9.05. The van der Waals surface area contributed by atoms with Crippen LogP contribution in [0.5, 0.6) is 0 Å². The first-order chi connectivity index (χ1) is 11.3. The SMILES string of the molecule is Clc1ccc2nc(CNC3CCN(c4nccs4)CC3)cn2c1. The molecular weight excluding hydrogens is 330 g/mol. The molecule has 0 unspecified atom stereocenters. The predicted molar refractivity (Wildman–Crippen MR) is 94.4 cm³/mol. The molecule has 0 amide bonds. The van der Waals surface area contributed by atoms with Gasteiger partial charge in [-0.3, -0.25) is 0 Å². The number of aromatic nitrogens is 3. The maximum Gasteiger partial charge on any atom is 0.185 e. The number of hydrogen-bond donors (Lipinski definition) is 1. The van der Waals surface area contributed by atoms with E-state index in [0.717, 1.165) is 54.0 Å². The highest BCUT2D eigenvalue weighted by molar-refractivity contribution is 7.13. The molecule has 3 aromatic rings. The molecule has 4 rings (SSSR count). The Labute approximate surface area is 143 Å². The highest BCUT2D eigenvalue weighted by Gasteiger charge is 2.20. The molecule has 0 aromatic carbocycles. The Hall–Kier alpha value is -1.63. The minimum atomic E-state index is 0.541. The number of nitrogens with zero attached hydrogens (tertiary/aromatic N) is 4. The third kappa shape index (κ3) is 3.34. The number of imidazole rings is 1. The van der Waals surface area contributed by atoms with Crippen LogP contribution in [0.15, 0.2) is 36.1 Å². The van der Waals surface area contributed by atoms with Crippen LogP contribution in [0.25, 0.3) is 5.65 Å². The van der Waals surface area contributed by atoms with Gasteiger partial charge in [-0.25, -0.2) is 9.97 Å². The standard InChI is InChI=1S/C16H18ClN5S/c17-12-1-2-15-20-14(11-22(15)10-12)9-19-13-3-6-21(7-4-13)16-18-5-8-23-16/h1-2,5,8,10-11,13,19H,3-4,6-7,9H2. The van der Waals surface area contributed by atoms with E-state index in [4.69, 9.17) is 11.6 Å². The molecule has 3 aromatic heterocycles. The average Bonchev–Trinajstić information content (AvgIpc) is 3.22. The zero-order valence-corrected chi connectivity index (χ0v) is 14.2. The molecule has 4 heterocycles. The molecule has 0 saturated carbocycles. The van der Waals surface area contributed by atoms with Gasteiger partial charge in [0.2, 0.25) is 0 Å². The Morgan fingerprint density at radius 2 is 2.13 bits per heavy atom. The minimum absolute atomic E-state index is 0.541. The molecule has 120 valence electrons. The van der Waals surface area contributed by atoms with E-state index in [9.17, 15) is 0 Å². The Bertz CT molecular complexity index is 777. The zero-order chi connectivity index (χ0) is 15.6. The number of rotatable bonds is 4. The summed E-state index contributed by atoms with van der Waals surface area (Å²) in [6, 6.07) is 4.35. The van der Waals surface area contributed by atoms with Gasteiger partial charge in [0.1, 0.15) is 5.65 Å². The van der Waals surface area contributed by atoms with Gasteiger partial charge in [0.15, 0.2) is 5.13 Å². The van der Waals surface area contributed by atoms with Crippen LogP contribution < -0.4 is 10.2 Å². The lowest BCUT2D eigenvalue weighted by Gasteiger charge is -2.32. The van der Waals surface area contributed by atoms with Crippen molar-refractivity contribution in [1.82, 2.24) is 19.7 Å². The maximum absolute atomic E-state index is 6.01. The van der Waals surface area contributed by atoms with E-state index in [1.807, 2.05) is 40.5 Å². The van der Waals surface area contributed by atoms with E-state index < -0.39 is 0 Å². The zero-order valence-electron chi connectivity index (χ0n) is 12.7. The van der Waals surface area contributed by atoms with Crippen molar-refractivity contribution < 1.29 is 0 Å². The molecule has 1 fully saturated rings. The molecule has 0 bridgehead atoms. The molecule has 23 heavy (non-hydrogen) atoms. The molecule has 7 heteroatoms. The summed E-state index contributed by atoms with van der Waals surface area (Å²) in [7, 11) is 0. The smallest absolute Gasteiger partial charge is 0.185 e. The van der Waals surface area contributed by atoms with Gasteiger partial charge in [-0.2, -0.15) is 0 Å². The van der Waals surface area contributed by atoms with Crippen LogP contribution in [0.2, 0.25) is 5.02 Å². The number of thiazole rings is 1. The fourth-order valence-electron chi connectivity index (χ4n) is 3.00. The minimum Gasteiger partial charge on any atom is -0.348 e. The van der Waals surface area contributed by atoms with Crippen LogP contribution in [0.1, 0.15) is 18.5 Å². The molecule has 0 radical (unpaired) electrons. The van der Waals surface area contributed by atoms with Gasteiger partial charge in [-0.15, -0.1) is 11.3 Å². The topological polar surface area (TPSA) is 45.5 Å². The lowest BCUT2D eigenvalue weighted by molar-refractivity contribution is 0.412. The molecule has 1 saturated heterocycles. The monoisotopic (exact) mass is 347 g/mol. The fraction of sp³-hybridized carbons (Fsp3) is 0.375. The summed E-state index contributed by atoms with van der Waals surface area (Å²) in [5.74, 6) is 0. The number of nitrogens with one attached hydrogen (secondary N) is 1. The summed E-state index contributed by atoms with van der Waals surface area (Å²) in [6.07, 6.45) is 8.08. The fourth-order valence-corrected chi connectivity index (χ4v) is 3.86. The van der Waals surface area contributed by atoms with Crippen LogP contribution >= 0.6 is 22.9 Å². The predicted octanol–water partition coefficient (Wildman–Crippen LogP) is 3.20. The quantitative estimate of drug-likeness (QED) is 0.787. The Kier molecular flexibility index (Phi) is 4.20. The lowest BCUT2D eigenvalue weighted by Crippen LogP contribution is -2.42. The van der Waals surface area contributed by atoms with Crippen molar-refractivity contribution in [2.24, 2.45) is 0 Å². The van der Waals surface area contributed by atoms with Crippen molar-refractivity contribution >= 4 is 33.7 Å². The number of piperidine rings is 1. The first kappa shape index (κ1) is 14.9. The molecule has 1 aliphatic heterocycles. The van der Waals surface area contributed by atoms with Gasteiger partial charge >= 0.3 is 0 Å². The second kappa shape index (κ2) is 6.47. The number of fused-ring (bicyclic) bond motifs is 1. The van der Waals surface area contributed by atoms with Crippen molar-refractivity contribution in [3.63, 3.8) is 0 Å². The molecule has 0 aliphatic carbocycles. The van der Waals surface area contributed by atoms with Crippen molar-refractivity contribution in [3.05, 3.63) is 46.8 Å². The molecule has 1 N–H and O–H groups in total. The highest BCUT2D eigenvalue weighted by Crippen LogP contribution is 2.22. The van der Waals surface area contributed by atoms with Crippen LogP contribution in [0, 0.1) is 0 Å². The van der Waals surface area contributed by atoms with E-state index >= 15 is 0 Å². The van der Waals surface area contributed by atoms with Crippen molar-refractivity contribution in [2.75, 3.05) is 18.0 Å². The van der Waals surface area contributed by atoms with Crippen LogP contribution in [0.4, 0.5) is 5.13 Å². The van der Waals surface area contributed by atoms with Gasteiger partial charge in [0.25, 0.3) is 0 Å². The number of anilines is 1. The highest BCUT2D eigenvalue weighted by atomic mass is 35.5. The van der Waals surface area contributed by atoms with Gasteiger partial charge in [0.05, 0.1) is 10.7 Å². The Morgan fingerprint density at radius 3 is 2.91 bits per heavy atom.